The van der Waals surface area contributed by atoms with Gasteiger partial charge in [0.15, 0.2) is 0 Å². The van der Waals surface area contributed by atoms with Crippen LogP contribution in [0.3, 0.4) is 0 Å². The molecule has 0 aliphatic carbocycles. The molecule has 0 unspecified atom stereocenters. The first-order valence-electron chi connectivity index (χ1n) is 2.66. The minimum Gasteiger partial charge on any atom is -0.330 e. The second kappa shape index (κ2) is 4.09. The predicted molar refractivity (Wildman–Crippen MR) is 32.1 cm³/mol. The van der Waals surface area contributed by atoms with Gasteiger partial charge < -0.3 is 11.1 Å². The highest BCUT2D eigenvalue weighted by molar-refractivity contribution is 4.52. The van der Waals surface area contributed by atoms with E-state index in [0.29, 0.717) is 5.92 Å². The number of hydrogen-bond acceptors (Lipinski definition) is 2. The maximum atomic E-state index is 5.32. The van der Waals surface area contributed by atoms with Crippen LogP contribution in [0.15, 0.2) is 0 Å². The molecular formula is C5H14N2. The lowest BCUT2D eigenvalue weighted by molar-refractivity contribution is 0.555. The van der Waals surface area contributed by atoms with Crippen molar-refractivity contribution in [3.8, 4) is 0 Å². The Hall–Kier alpha value is -0.0800. The molecule has 0 aromatic heterocycles. The Labute approximate surface area is 45.1 Å². The Morgan fingerprint density at radius 3 is 2.43 bits per heavy atom. The normalized spacial score (nSPS) is 14.1. The SMILES string of the molecule is CNC[C@@H](C)CN. The van der Waals surface area contributed by atoms with Gasteiger partial charge >= 0.3 is 0 Å². The van der Waals surface area contributed by atoms with Crippen molar-refractivity contribution >= 4 is 0 Å². The quantitative estimate of drug-likeness (QED) is 0.518. The van der Waals surface area contributed by atoms with E-state index in [9.17, 15) is 0 Å². The third-order valence-corrected chi connectivity index (χ3v) is 0.955. The second-order valence-electron chi connectivity index (χ2n) is 1.90. The first kappa shape index (κ1) is 6.92. The van der Waals surface area contributed by atoms with E-state index in [0.717, 1.165) is 13.1 Å². The zero-order valence-electron chi connectivity index (χ0n) is 5.07. The molecule has 0 spiro atoms. The van der Waals surface area contributed by atoms with Gasteiger partial charge in [-0.25, -0.2) is 0 Å². The second-order valence-corrected chi connectivity index (χ2v) is 1.90. The summed E-state index contributed by atoms with van der Waals surface area (Å²) in [5.41, 5.74) is 5.32. The van der Waals surface area contributed by atoms with Gasteiger partial charge in [-0.15, -0.1) is 0 Å². The van der Waals surface area contributed by atoms with Gasteiger partial charge in [-0.2, -0.15) is 0 Å². The van der Waals surface area contributed by atoms with Crippen molar-refractivity contribution in [1.29, 1.82) is 0 Å². The highest BCUT2D eigenvalue weighted by Gasteiger charge is 1.92. The predicted octanol–water partition coefficient (Wildman–Crippen LogP) is -0.199. The fourth-order valence-corrected chi connectivity index (χ4v) is 0.432. The Morgan fingerprint density at radius 1 is 1.71 bits per heavy atom. The van der Waals surface area contributed by atoms with Crippen LogP contribution in [-0.2, 0) is 0 Å². The van der Waals surface area contributed by atoms with E-state index in [1.54, 1.807) is 0 Å². The molecule has 0 fully saturated rings. The molecule has 0 radical (unpaired) electrons. The molecule has 2 nitrogen and oxygen atoms in total. The van der Waals surface area contributed by atoms with E-state index in [2.05, 4.69) is 12.2 Å². The molecule has 0 rings (SSSR count). The molecule has 1 atom stereocenters. The molecule has 0 aromatic rings. The molecule has 2 heteroatoms. The summed E-state index contributed by atoms with van der Waals surface area (Å²) in [5, 5.41) is 3.04. The summed E-state index contributed by atoms with van der Waals surface area (Å²) in [6.45, 7) is 3.92. The maximum absolute atomic E-state index is 5.32. The van der Waals surface area contributed by atoms with Crippen LogP contribution in [0.5, 0.6) is 0 Å². The first-order valence-corrected chi connectivity index (χ1v) is 2.66. The van der Waals surface area contributed by atoms with Crippen LogP contribution in [0.4, 0.5) is 0 Å². The average Bonchev–Trinajstić information content (AvgIpc) is 1.68. The monoisotopic (exact) mass is 102 g/mol. The molecule has 7 heavy (non-hydrogen) atoms. The van der Waals surface area contributed by atoms with Crippen molar-refractivity contribution in [2.75, 3.05) is 20.1 Å². The summed E-state index contributed by atoms with van der Waals surface area (Å²) < 4.78 is 0. The van der Waals surface area contributed by atoms with Crippen molar-refractivity contribution in [3.63, 3.8) is 0 Å². The lowest BCUT2D eigenvalue weighted by Gasteiger charge is -2.04. The van der Waals surface area contributed by atoms with Gasteiger partial charge in [0.25, 0.3) is 0 Å². The van der Waals surface area contributed by atoms with Crippen LogP contribution in [0.25, 0.3) is 0 Å². The third-order valence-electron chi connectivity index (χ3n) is 0.955. The Morgan fingerprint density at radius 2 is 2.29 bits per heavy atom. The smallest absolute Gasteiger partial charge is 0.00141 e. The number of nitrogens with one attached hydrogen (secondary N) is 1. The van der Waals surface area contributed by atoms with Crippen molar-refractivity contribution in [2.45, 2.75) is 6.92 Å². The van der Waals surface area contributed by atoms with Crippen LogP contribution < -0.4 is 11.1 Å². The fraction of sp³-hybridized carbons (Fsp3) is 1.00. The van der Waals surface area contributed by atoms with Gasteiger partial charge in [0.05, 0.1) is 0 Å². The molecule has 0 bridgehead atoms. The van der Waals surface area contributed by atoms with Gasteiger partial charge in [-0.3, -0.25) is 0 Å². The molecule has 0 aliphatic rings. The zero-order chi connectivity index (χ0) is 5.70. The van der Waals surface area contributed by atoms with E-state index in [1.807, 2.05) is 7.05 Å². The maximum Gasteiger partial charge on any atom is -0.00141 e. The molecule has 0 heterocycles. The van der Waals surface area contributed by atoms with Crippen molar-refractivity contribution in [1.82, 2.24) is 5.32 Å². The summed E-state index contributed by atoms with van der Waals surface area (Å²) in [7, 11) is 1.94. The Bertz CT molecular complexity index is 37.1. The minimum absolute atomic E-state index is 0.616. The third kappa shape index (κ3) is 3.76. The van der Waals surface area contributed by atoms with Gasteiger partial charge in [0, 0.05) is 0 Å². The largest absolute Gasteiger partial charge is 0.330 e. The van der Waals surface area contributed by atoms with Gasteiger partial charge in [-0.1, -0.05) is 6.92 Å². The first-order chi connectivity index (χ1) is 3.31. The number of nitrogens with two attached hydrogens (primary N) is 1. The standard InChI is InChI=1S/C5H14N2/c1-5(3-6)4-7-2/h5,7H,3-4,6H2,1-2H3/t5-/m0/s1. The van der Waals surface area contributed by atoms with Gasteiger partial charge in [0.1, 0.15) is 0 Å². The van der Waals surface area contributed by atoms with E-state index in [1.165, 1.54) is 0 Å². The summed E-state index contributed by atoms with van der Waals surface area (Å²) in [4.78, 5) is 0. The fourth-order valence-electron chi connectivity index (χ4n) is 0.432. The van der Waals surface area contributed by atoms with E-state index < -0.39 is 0 Å². The highest BCUT2D eigenvalue weighted by atomic mass is 14.8. The lowest BCUT2D eigenvalue weighted by atomic mass is 10.2. The van der Waals surface area contributed by atoms with Crippen LogP contribution in [-0.4, -0.2) is 20.1 Å². The van der Waals surface area contributed by atoms with Crippen molar-refractivity contribution in [3.05, 3.63) is 0 Å². The van der Waals surface area contributed by atoms with E-state index in [-0.39, 0.29) is 0 Å². The summed E-state index contributed by atoms with van der Waals surface area (Å²) in [5.74, 6) is 0.616. The zero-order valence-corrected chi connectivity index (χ0v) is 5.07. The molecule has 44 valence electrons. The Kier molecular flexibility index (Phi) is 4.04. The number of hydrogen-bond donors (Lipinski definition) is 2. The van der Waals surface area contributed by atoms with E-state index in [4.69, 9.17) is 5.73 Å². The van der Waals surface area contributed by atoms with Gasteiger partial charge in [-0.05, 0) is 26.1 Å². The molecule has 0 aromatic carbocycles. The van der Waals surface area contributed by atoms with Crippen LogP contribution in [0.2, 0.25) is 0 Å². The van der Waals surface area contributed by atoms with Crippen molar-refractivity contribution < 1.29 is 0 Å². The molecular weight excluding hydrogens is 88.1 g/mol. The molecule has 0 amide bonds. The van der Waals surface area contributed by atoms with Crippen LogP contribution in [0.1, 0.15) is 6.92 Å². The average molecular weight is 102 g/mol. The van der Waals surface area contributed by atoms with Crippen LogP contribution >= 0.6 is 0 Å². The molecule has 0 saturated carbocycles. The Balaban J connectivity index is 2.83. The van der Waals surface area contributed by atoms with Gasteiger partial charge in [0.2, 0.25) is 0 Å². The summed E-state index contributed by atoms with van der Waals surface area (Å²) in [6.07, 6.45) is 0. The van der Waals surface area contributed by atoms with E-state index >= 15 is 0 Å². The topological polar surface area (TPSA) is 38.0 Å². The van der Waals surface area contributed by atoms with Crippen LogP contribution in [0, 0.1) is 5.92 Å². The number of rotatable bonds is 3. The molecule has 3 N–H and O–H groups in total. The highest BCUT2D eigenvalue weighted by Crippen LogP contribution is 1.83. The minimum atomic E-state index is 0.616. The van der Waals surface area contributed by atoms with Crippen molar-refractivity contribution in [2.24, 2.45) is 11.7 Å². The lowest BCUT2D eigenvalue weighted by Crippen LogP contribution is -2.22. The molecule has 0 aliphatic heterocycles. The summed E-state index contributed by atoms with van der Waals surface area (Å²) in [6, 6.07) is 0. The molecule has 0 saturated heterocycles. The summed E-state index contributed by atoms with van der Waals surface area (Å²) >= 11 is 0.